The molecule has 4 aliphatic rings. The van der Waals surface area contributed by atoms with Gasteiger partial charge in [0.15, 0.2) is 0 Å². The maximum Gasteiger partial charge on any atom is 0.246 e. The normalized spacial score (nSPS) is 26.6. The molecule has 256 valence electrons. The number of phenols is 1. The second kappa shape index (κ2) is 11.9. The third kappa shape index (κ3) is 4.38. The Kier molecular flexibility index (Phi) is 7.35. The van der Waals surface area contributed by atoms with Gasteiger partial charge in [0.25, 0.3) is 0 Å². The molecule has 1 N–H and O–H groups in total. The summed E-state index contributed by atoms with van der Waals surface area (Å²) in [5.74, 6) is -5.13. The minimum atomic E-state index is -1.48. The lowest BCUT2D eigenvalue weighted by Gasteiger charge is -2.50. The second-order valence-electron chi connectivity index (χ2n) is 14.1. The molecule has 3 fully saturated rings. The largest absolute Gasteiger partial charge is 0.507 e. The van der Waals surface area contributed by atoms with Gasteiger partial charge in [-0.1, -0.05) is 121 Å². The van der Waals surface area contributed by atoms with Crippen LogP contribution in [0.5, 0.6) is 5.75 Å². The number of amides is 4. The molecule has 0 aromatic heterocycles. The molecule has 0 spiro atoms. The molecule has 2 heterocycles. The molecule has 52 heavy (non-hydrogen) atoms. The Bertz CT molecular complexity index is 2390. The summed E-state index contributed by atoms with van der Waals surface area (Å²) in [5, 5.41) is 14.0. The lowest BCUT2D eigenvalue weighted by molar-refractivity contribution is -0.127. The molecule has 2 aliphatic carbocycles. The van der Waals surface area contributed by atoms with E-state index in [0.717, 1.165) is 16.5 Å². The van der Waals surface area contributed by atoms with Gasteiger partial charge in [0.05, 0.1) is 34.5 Å². The molecule has 2 saturated heterocycles. The van der Waals surface area contributed by atoms with Gasteiger partial charge in [-0.15, -0.1) is 0 Å². The van der Waals surface area contributed by atoms with Crippen LogP contribution in [0.3, 0.4) is 0 Å². The third-order valence-electron chi connectivity index (χ3n) is 11.8. The van der Waals surface area contributed by atoms with Gasteiger partial charge in [0.2, 0.25) is 23.6 Å². The highest BCUT2D eigenvalue weighted by molar-refractivity contribution is 6.32. The lowest BCUT2D eigenvalue weighted by atomic mass is 9.49. The average Bonchev–Trinajstić information content (AvgIpc) is 3.56. The van der Waals surface area contributed by atoms with Gasteiger partial charge in [-0.3, -0.25) is 24.1 Å². The Morgan fingerprint density at radius 1 is 0.750 bits per heavy atom. The quantitative estimate of drug-likeness (QED) is 0.147. The van der Waals surface area contributed by atoms with Crippen LogP contribution in [0.2, 0.25) is 5.02 Å². The number of fused-ring (bicyclic) bond motifs is 5. The summed E-state index contributed by atoms with van der Waals surface area (Å²) in [6, 6.07) is 34.4. The fourth-order valence-electron chi connectivity index (χ4n) is 9.61. The van der Waals surface area contributed by atoms with Gasteiger partial charge in [-0.2, -0.15) is 0 Å². The van der Waals surface area contributed by atoms with Crippen LogP contribution < -0.4 is 9.80 Å². The van der Waals surface area contributed by atoms with Gasteiger partial charge in [0.1, 0.15) is 5.75 Å². The number of allylic oxidation sites excluding steroid dienone is 2. The van der Waals surface area contributed by atoms with E-state index in [2.05, 4.69) is 6.58 Å². The first-order chi connectivity index (χ1) is 25.2. The van der Waals surface area contributed by atoms with Crippen LogP contribution >= 0.6 is 11.6 Å². The first-order valence-corrected chi connectivity index (χ1v) is 17.8. The molecule has 5 aromatic rings. The molecule has 0 radical (unpaired) electrons. The maximum atomic E-state index is 15.5. The number of imide groups is 2. The van der Waals surface area contributed by atoms with Crippen molar-refractivity contribution in [3.8, 4) is 5.75 Å². The van der Waals surface area contributed by atoms with Crippen molar-refractivity contribution in [2.24, 2.45) is 23.7 Å². The van der Waals surface area contributed by atoms with Gasteiger partial charge < -0.3 is 5.11 Å². The maximum absolute atomic E-state index is 15.5. The molecule has 1 saturated carbocycles. The van der Waals surface area contributed by atoms with E-state index >= 15 is 4.79 Å². The third-order valence-corrected chi connectivity index (χ3v) is 12.0. The summed E-state index contributed by atoms with van der Waals surface area (Å²) >= 11 is 6.42. The Morgan fingerprint density at radius 3 is 2.25 bits per heavy atom. The van der Waals surface area contributed by atoms with Crippen molar-refractivity contribution in [1.82, 2.24) is 0 Å². The number of anilines is 2. The first kappa shape index (κ1) is 32.1. The molecule has 6 unspecified atom stereocenters. The van der Waals surface area contributed by atoms with E-state index < -0.39 is 46.8 Å². The fourth-order valence-corrected chi connectivity index (χ4v) is 9.79. The zero-order valence-electron chi connectivity index (χ0n) is 28.0. The van der Waals surface area contributed by atoms with E-state index in [4.69, 9.17) is 11.6 Å². The number of hydrogen-bond acceptors (Lipinski definition) is 5. The molecular weight excluding hydrogens is 672 g/mol. The number of benzene rings is 5. The van der Waals surface area contributed by atoms with E-state index in [9.17, 15) is 19.5 Å². The van der Waals surface area contributed by atoms with Crippen molar-refractivity contribution in [3.63, 3.8) is 0 Å². The van der Waals surface area contributed by atoms with E-state index in [1.807, 2.05) is 84.9 Å². The number of rotatable bonds is 5. The summed E-state index contributed by atoms with van der Waals surface area (Å²) in [5.41, 5.74) is 2.12. The molecule has 9 rings (SSSR count). The van der Waals surface area contributed by atoms with Crippen LogP contribution in [0.1, 0.15) is 35.4 Å². The minimum absolute atomic E-state index is 0.0139. The molecule has 5 aromatic carbocycles. The van der Waals surface area contributed by atoms with Crippen LogP contribution in [-0.4, -0.2) is 28.7 Å². The number of carbonyl (C=O) groups excluding carboxylic acids is 4. The first-order valence-electron chi connectivity index (χ1n) is 17.5. The summed E-state index contributed by atoms with van der Waals surface area (Å²) < 4.78 is 0. The molecule has 4 amide bonds. The predicted molar refractivity (Wildman–Crippen MR) is 201 cm³/mol. The summed E-state index contributed by atoms with van der Waals surface area (Å²) in [7, 11) is 0. The van der Waals surface area contributed by atoms with E-state index in [1.165, 1.54) is 9.80 Å². The molecule has 8 heteroatoms. The van der Waals surface area contributed by atoms with E-state index in [0.29, 0.717) is 32.9 Å². The number of carbonyl (C=O) groups is 4. The minimum Gasteiger partial charge on any atom is -0.507 e. The van der Waals surface area contributed by atoms with Crippen molar-refractivity contribution in [1.29, 1.82) is 0 Å². The standard InChI is InChI=1S/C44H33ClN2O5/c1-2-25-15-18-29(19-16-25)46-40(49)33-22-21-32-35(37(33)42(46)51)24-36-41(50)47(30-13-8-12-28(45)23-30)43(52)44(36,27-10-4-3-5-11-27)38(32)34-20-17-26-9-6-7-14-31(26)39(34)48/h2-21,23,33,35-38,48H,1,22,24H2. The highest BCUT2D eigenvalue weighted by atomic mass is 35.5. The summed E-state index contributed by atoms with van der Waals surface area (Å²) in [6.45, 7) is 3.81. The average molecular weight is 705 g/mol. The Labute approximate surface area is 305 Å². The number of halogens is 1. The Hall–Kier alpha value is -5.79. The molecule has 6 atom stereocenters. The molecular formula is C44H33ClN2O5. The monoisotopic (exact) mass is 704 g/mol. The van der Waals surface area contributed by atoms with E-state index in [-0.39, 0.29) is 30.4 Å². The van der Waals surface area contributed by atoms with Crippen LogP contribution in [0.15, 0.2) is 133 Å². The van der Waals surface area contributed by atoms with Gasteiger partial charge in [0, 0.05) is 21.9 Å². The van der Waals surface area contributed by atoms with Gasteiger partial charge in [-0.05, 0) is 65.6 Å². The SMILES string of the molecule is C=Cc1ccc(N2C(=O)C3CC=C4C(CC5C(=O)N(c6cccc(Cl)c6)C(=O)C5(c5ccccc5)C4c4ccc5ccccc5c4O)C3C2=O)cc1. The van der Waals surface area contributed by atoms with Crippen molar-refractivity contribution < 1.29 is 24.3 Å². The van der Waals surface area contributed by atoms with Gasteiger partial charge in [-0.25, -0.2) is 4.90 Å². The number of nitrogens with zero attached hydrogens (tertiary/aromatic N) is 2. The topological polar surface area (TPSA) is 95.0 Å². The Balaban J connectivity index is 1.28. The summed E-state index contributed by atoms with van der Waals surface area (Å²) in [6.07, 6.45) is 4.14. The fraction of sp³-hybridized carbons (Fsp3) is 0.182. The lowest BCUT2D eigenvalue weighted by Crippen LogP contribution is -2.53. The smallest absolute Gasteiger partial charge is 0.246 e. The van der Waals surface area contributed by atoms with Crippen molar-refractivity contribution in [3.05, 3.63) is 155 Å². The Morgan fingerprint density at radius 2 is 1.50 bits per heavy atom. The zero-order valence-corrected chi connectivity index (χ0v) is 28.7. The van der Waals surface area contributed by atoms with Crippen LogP contribution in [-0.2, 0) is 24.6 Å². The van der Waals surface area contributed by atoms with Crippen molar-refractivity contribution in [2.75, 3.05) is 9.80 Å². The van der Waals surface area contributed by atoms with Gasteiger partial charge >= 0.3 is 0 Å². The van der Waals surface area contributed by atoms with Crippen LogP contribution in [0.4, 0.5) is 11.4 Å². The van der Waals surface area contributed by atoms with E-state index in [1.54, 1.807) is 42.5 Å². The molecule has 2 aliphatic heterocycles. The molecule has 0 bridgehead atoms. The highest BCUT2D eigenvalue weighted by Crippen LogP contribution is 2.65. The van der Waals surface area contributed by atoms with Crippen LogP contribution in [0.25, 0.3) is 16.8 Å². The van der Waals surface area contributed by atoms with Crippen molar-refractivity contribution in [2.45, 2.75) is 24.2 Å². The second-order valence-corrected chi connectivity index (χ2v) is 14.6. The number of aromatic hydroxyl groups is 1. The number of phenolic OH excluding ortho intramolecular Hbond substituents is 1. The molecule has 7 nitrogen and oxygen atoms in total. The van der Waals surface area contributed by atoms with Crippen molar-refractivity contribution >= 4 is 63.5 Å². The zero-order chi connectivity index (χ0) is 35.9. The van der Waals surface area contributed by atoms with Crippen LogP contribution in [0, 0.1) is 23.7 Å². The highest BCUT2D eigenvalue weighted by Gasteiger charge is 2.70. The summed E-state index contributed by atoms with van der Waals surface area (Å²) in [4.78, 5) is 61.7. The number of hydrogen-bond donors (Lipinski definition) is 1. The predicted octanol–water partition coefficient (Wildman–Crippen LogP) is 8.21.